The number of halogens is 1. The van der Waals surface area contributed by atoms with Crippen molar-refractivity contribution in [2.24, 2.45) is 0 Å². The van der Waals surface area contributed by atoms with E-state index in [-0.39, 0.29) is 6.42 Å². The summed E-state index contributed by atoms with van der Waals surface area (Å²) >= 11 is 0. The summed E-state index contributed by atoms with van der Waals surface area (Å²) in [4.78, 5) is 34.6. The Labute approximate surface area is 138 Å². The lowest BCUT2D eigenvalue weighted by Gasteiger charge is -2.22. The number of rotatable bonds is 5. The summed E-state index contributed by atoms with van der Waals surface area (Å²) in [5.41, 5.74) is -0.925. The highest BCUT2D eigenvalue weighted by molar-refractivity contribution is 5.88. The lowest BCUT2D eigenvalue weighted by molar-refractivity contribution is -0.143. The van der Waals surface area contributed by atoms with Crippen LogP contribution >= 0.6 is 0 Å². The minimum atomic E-state index is -1.43. The van der Waals surface area contributed by atoms with Crippen molar-refractivity contribution in [1.29, 1.82) is 0 Å². The van der Waals surface area contributed by atoms with Crippen LogP contribution < -0.4 is 5.32 Å². The number of esters is 1. The third kappa shape index (κ3) is 5.86. The normalized spacial score (nSPS) is 12.2. The molecule has 0 aliphatic rings. The number of nitrogens with one attached hydrogen (secondary N) is 1. The molecule has 0 fully saturated rings. The highest BCUT2D eigenvalue weighted by atomic mass is 19.1. The van der Waals surface area contributed by atoms with Gasteiger partial charge in [-0.05, 0) is 38.5 Å². The van der Waals surface area contributed by atoms with Gasteiger partial charge in [-0.15, -0.1) is 0 Å². The predicted octanol–water partition coefficient (Wildman–Crippen LogP) is 2.13. The highest BCUT2D eigenvalue weighted by Crippen LogP contribution is 2.14. The van der Waals surface area contributed by atoms with Crippen molar-refractivity contribution < 1.29 is 33.4 Å². The molecule has 1 aromatic rings. The van der Waals surface area contributed by atoms with Crippen LogP contribution in [0.5, 0.6) is 0 Å². The second kappa shape index (κ2) is 7.76. The van der Waals surface area contributed by atoms with Crippen molar-refractivity contribution in [2.45, 2.75) is 38.8 Å². The van der Waals surface area contributed by atoms with Crippen molar-refractivity contribution >= 4 is 18.0 Å². The van der Waals surface area contributed by atoms with Gasteiger partial charge in [-0.1, -0.05) is 6.07 Å². The van der Waals surface area contributed by atoms with Crippen molar-refractivity contribution in [3.63, 3.8) is 0 Å². The Morgan fingerprint density at radius 1 is 1.29 bits per heavy atom. The molecular weight excluding hydrogens is 321 g/mol. The monoisotopic (exact) mass is 341 g/mol. The number of alkyl carbamates (subject to hydrolysis) is 1. The molecule has 0 aromatic heterocycles. The number of benzene rings is 1. The van der Waals surface area contributed by atoms with E-state index in [1.165, 1.54) is 6.07 Å². The van der Waals surface area contributed by atoms with Crippen LogP contribution in [-0.4, -0.2) is 41.9 Å². The molecule has 0 bridgehead atoms. The van der Waals surface area contributed by atoms with Gasteiger partial charge in [0.1, 0.15) is 17.5 Å². The topological polar surface area (TPSA) is 102 Å². The Bertz CT molecular complexity index is 638. The van der Waals surface area contributed by atoms with Gasteiger partial charge in [0.05, 0.1) is 12.7 Å². The fourth-order valence-corrected chi connectivity index (χ4v) is 1.88. The zero-order chi connectivity index (χ0) is 18.5. The van der Waals surface area contributed by atoms with E-state index in [0.717, 1.165) is 19.2 Å². The number of carboxylic acids is 1. The molecular formula is C16H20FNO6. The smallest absolute Gasteiger partial charge is 0.408 e. The summed E-state index contributed by atoms with van der Waals surface area (Å²) in [6, 6.07) is 2.32. The number of aromatic carboxylic acids is 1. The molecule has 7 nitrogen and oxygen atoms in total. The summed E-state index contributed by atoms with van der Waals surface area (Å²) in [6.07, 6.45) is -0.898. The van der Waals surface area contributed by atoms with Crippen LogP contribution in [0.3, 0.4) is 0 Å². The number of hydrogen-bond acceptors (Lipinski definition) is 5. The van der Waals surface area contributed by atoms with Crippen LogP contribution in [0.1, 0.15) is 36.7 Å². The zero-order valence-corrected chi connectivity index (χ0v) is 13.9. The minimum Gasteiger partial charge on any atom is -0.478 e. The number of carbonyl (C=O) groups is 3. The Hall–Kier alpha value is -2.64. The van der Waals surface area contributed by atoms with E-state index in [1.807, 2.05) is 0 Å². The van der Waals surface area contributed by atoms with E-state index in [4.69, 9.17) is 9.84 Å². The fraction of sp³-hybridized carbons (Fsp3) is 0.438. The number of carbonyl (C=O) groups excluding carboxylic acids is 2. The molecule has 0 radical (unpaired) electrons. The van der Waals surface area contributed by atoms with E-state index in [0.29, 0.717) is 5.56 Å². The highest BCUT2D eigenvalue weighted by Gasteiger charge is 2.26. The number of hydrogen-bond donors (Lipinski definition) is 2. The summed E-state index contributed by atoms with van der Waals surface area (Å²) in [5, 5.41) is 11.3. The van der Waals surface area contributed by atoms with Gasteiger partial charge in [0.2, 0.25) is 0 Å². The molecule has 2 N–H and O–H groups in total. The number of carboxylic acid groups (broad SMARTS) is 1. The van der Waals surface area contributed by atoms with Gasteiger partial charge < -0.3 is 19.9 Å². The maximum atomic E-state index is 13.4. The first-order chi connectivity index (χ1) is 11.0. The first-order valence-electron chi connectivity index (χ1n) is 7.12. The largest absolute Gasteiger partial charge is 0.478 e. The van der Waals surface area contributed by atoms with Crippen LogP contribution in [0.25, 0.3) is 0 Å². The Morgan fingerprint density at radius 3 is 2.42 bits per heavy atom. The van der Waals surface area contributed by atoms with E-state index in [2.05, 4.69) is 10.1 Å². The third-order valence-electron chi connectivity index (χ3n) is 2.88. The third-order valence-corrected chi connectivity index (χ3v) is 2.88. The van der Waals surface area contributed by atoms with Gasteiger partial charge in [-0.25, -0.2) is 18.8 Å². The van der Waals surface area contributed by atoms with Gasteiger partial charge >= 0.3 is 18.0 Å². The molecule has 0 aliphatic carbocycles. The summed E-state index contributed by atoms with van der Waals surface area (Å²) in [7, 11) is 1.15. The molecule has 24 heavy (non-hydrogen) atoms. The Balaban J connectivity index is 2.95. The van der Waals surface area contributed by atoms with Crippen LogP contribution in [0.4, 0.5) is 9.18 Å². The molecule has 0 spiro atoms. The van der Waals surface area contributed by atoms with Crippen molar-refractivity contribution in [3.05, 3.63) is 35.1 Å². The number of methoxy groups -OCH3 is 1. The summed E-state index contributed by atoms with van der Waals surface area (Å²) in [6.45, 7) is 5.00. The molecule has 0 saturated carbocycles. The van der Waals surface area contributed by atoms with E-state index >= 15 is 0 Å². The van der Waals surface area contributed by atoms with Crippen molar-refractivity contribution in [3.8, 4) is 0 Å². The van der Waals surface area contributed by atoms with Gasteiger partial charge in [0.25, 0.3) is 0 Å². The molecule has 0 saturated heterocycles. The first kappa shape index (κ1) is 19.4. The fourth-order valence-electron chi connectivity index (χ4n) is 1.88. The standard InChI is InChI=1S/C16H20FNO6/c1-16(2,3)24-15(22)18-12(14(21)23-4)8-9-5-6-11(17)10(7-9)13(19)20/h5-7,12H,8H2,1-4H3,(H,18,22)(H,19,20). The van der Waals surface area contributed by atoms with E-state index in [1.54, 1.807) is 20.8 Å². The van der Waals surface area contributed by atoms with Gasteiger partial charge in [0, 0.05) is 6.42 Å². The second-order valence-corrected chi connectivity index (χ2v) is 6.05. The van der Waals surface area contributed by atoms with Gasteiger partial charge in [-0.2, -0.15) is 0 Å². The van der Waals surface area contributed by atoms with Gasteiger partial charge in [0.15, 0.2) is 0 Å². The van der Waals surface area contributed by atoms with Crippen LogP contribution in [0, 0.1) is 5.82 Å². The van der Waals surface area contributed by atoms with Crippen LogP contribution in [-0.2, 0) is 20.7 Å². The maximum absolute atomic E-state index is 13.4. The van der Waals surface area contributed by atoms with Crippen molar-refractivity contribution in [2.75, 3.05) is 7.11 Å². The Kier molecular flexibility index (Phi) is 6.27. The number of ether oxygens (including phenoxy) is 2. The SMILES string of the molecule is COC(=O)C(Cc1ccc(F)c(C(=O)O)c1)NC(=O)OC(C)(C)C. The molecule has 1 rings (SSSR count). The summed E-state index contributed by atoms with van der Waals surface area (Å²) < 4.78 is 23.1. The average Bonchev–Trinajstić information content (AvgIpc) is 2.45. The second-order valence-electron chi connectivity index (χ2n) is 6.05. The van der Waals surface area contributed by atoms with E-state index < -0.39 is 41.1 Å². The van der Waals surface area contributed by atoms with Gasteiger partial charge in [-0.3, -0.25) is 0 Å². The molecule has 1 aromatic carbocycles. The lowest BCUT2D eigenvalue weighted by atomic mass is 10.0. The molecule has 1 amide bonds. The quantitative estimate of drug-likeness (QED) is 0.796. The number of amides is 1. The molecule has 132 valence electrons. The molecule has 0 heterocycles. The van der Waals surface area contributed by atoms with Crippen LogP contribution in [0.2, 0.25) is 0 Å². The summed E-state index contributed by atoms with van der Waals surface area (Å²) in [5.74, 6) is -3.05. The lowest BCUT2D eigenvalue weighted by Crippen LogP contribution is -2.45. The molecule has 1 unspecified atom stereocenters. The zero-order valence-electron chi connectivity index (χ0n) is 13.9. The molecule has 8 heteroatoms. The maximum Gasteiger partial charge on any atom is 0.408 e. The minimum absolute atomic E-state index is 0.0769. The molecule has 1 atom stereocenters. The average molecular weight is 341 g/mol. The first-order valence-corrected chi connectivity index (χ1v) is 7.12. The Morgan fingerprint density at radius 2 is 1.92 bits per heavy atom. The predicted molar refractivity (Wildman–Crippen MR) is 82.2 cm³/mol. The molecule has 0 aliphatic heterocycles. The van der Waals surface area contributed by atoms with Crippen LogP contribution in [0.15, 0.2) is 18.2 Å². The van der Waals surface area contributed by atoms with Crippen molar-refractivity contribution in [1.82, 2.24) is 5.32 Å². The van der Waals surface area contributed by atoms with E-state index in [9.17, 15) is 18.8 Å².